The molecule has 0 saturated heterocycles. The summed E-state index contributed by atoms with van der Waals surface area (Å²) in [6.07, 6.45) is 0. The molecule has 1 N–H and O–H groups in total. The molecular formula is C15H19FN2OS. The van der Waals surface area contributed by atoms with Crippen molar-refractivity contribution in [3.63, 3.8) is 0 Å². The number of aromatic nitrogens is 1. The molecule has 0 amide bonds. The molecule has 0 saturated carbocycles. The Labute approximate surface area is 122 Å². The Bertz CT molecular complexity index is 585. The van der Waals surface area contributed by atoms with Crippen molar-refractivity contribution in [3.05, 3.63) is 45.7 Å². The van der Waals surface area contributed by atoms with E-state index >= 15 is 0 Å². The summed E-state index contributed by atoms with van der Waals surface area (Å²) >= 11 is 1.65. The van der Waals surface area contributed by atoms with Crippen molar-refractivity contribution >= 4 is 11.3 Å². The van der Waals surface area contributed by atoms with Gasteiger partial charge in [-0.25, -0.2) is 9.37 Å². The van der Waals surface area contributed by atoms with Gasteiger partial charge in [0.1, 0.15) is 5.01 Å². The van der Waals surface area contributed by atoms with Crippen molar-refractivity contribution in [1.29, 1.82) is 0 Å². The van der Waals surface area contributed by atoms with Crippen molar-refractivity contribution < 1.29 is 9.13 Å². The van der Waals surface area contributed by atoms with E-state index in [1.807, 2.05) is 19.2 Å². The zero-order valence-corrected chi connectivity index (χ0v) is 12.9. The van der Waals surface area contributed by atoms with Gasteiger partial charge < -0.3 is 10.1 Å². The summed E-state index contributed by atoms with van der Waals surface area (Å²) in [5.41, 5.74) is 2.03. The summed E-state index contributed by atoms with van der Waals surface area (Å²) in [4.78, 5) is 4.48. The van der Waals surface area contributed by atoms with Crippen molar-refractivity contribution in [3.8, 4) is 5.75 Å². The van der Waals surface area contributed by atoms with Crippen molar-refractivity contribution in [1.82, 2.24) is 10.3 Å². The van der Waals surface area contributed by atoms with Gasteiger partial charge in [0.2, 0.25) is 0 Å². The van der Waals surface area contributed by atoms with E-state index in [0.29, 0.717) is 0 Å². The van der Waals surface area contributed by atoms with E-state index < -0.39 is 0 Å². The second-order valence-electron chi connectivity index (χ2n) is 4.83. The zero-order valence-electron chi connectivity index (χ0n) is 12.1. The van der Waals surface area contributed by atoms with Crippen LogP contribution in [-0.4, -0.2) is 12.1 Å². The molecule has 20 heavy (non-hydrogen) atoms. The number of rotatable bonds is 5. The Morgan fingerprint density at radius 3 is 2.65 bits per heavy atom. The van der Waals surface area contributed by atoms with Gasteiger partial charge in [-0.1, -0.05) is 6.07 Å². The predicted octanol–water partition coefficient (Wildman–Crippen LogP) is 4.01. The summed E-state index contributed by atoms with van der Waals surface area (Å²) in [6, 6.07) is 5.18. The van der Waals surface area contributed by atoms with E-state index in [1.54, 1.807) is 23.5 Å². The van der Waals surface area contributed by atoms with Crippen molar-refractivity contribution in [2.75, 3.05) is 7.11 Å². The second kappa shape index (κ2) is 6.33. The van der Waals surface area contributed by atoms with Gasteiger partial charge in [-0.2, -0.15) is 0 Å². The monoisotopic (exact) mass is 294 g/mol. The third kappa shape index (κ3) is 3.35. The number of methoxy groups -OCH3 is 1. The zero-order chi connectivity index (χ0) is 14.7. The minimum absolute atomic E-state index is 0.0868. The lowest BCUT2D eigenvalue weighted by molar-refractivity contribution is 0.384. The molecule has 108 valence electrons. The number of nitrogens with zero attached hydrogens (tertiary/aromatic N) is 1. The minimum atomic E-state index is -0.341. The molecule has 1 aromatic heterocycles. The molecular weight excluding hydrogens is 275 g/mol. The predicted molar refractivity (Wildman–Crippen MR) is 79.8 cm³/mol. The van der Waals surface area contributed by atoms with E-state index in [0.717, 1.165) is 16.3 Å². The maximum Gasteiger partial charge on any atom is 0.165 e. The number of benzene rings is 1. The minimum Gasteiger partial charge on any atom is -0.494 e. The molecule has 0 aliphatic rings. The molecule has 0 bridgehead atoms. The Morgan fingerprint density at radius 1 is 1.30 bits per heavy atom. The van der Waals surface area contributed by atoms with Gasteiger partial charge in [0.25, 0.3) is 0 Å². The summed E-state index contributed by atoms with van der Waals surface area (Å²) in [7, 11) is 1.47. The SMILES string of the molecule is COc1cc(C(C)NC(C)c2nc(C)cs2)ccc1F. The maximum atomic E-state index is 13.4. The molecule has 1 heterocycles. The Hall–Kier alpha value is -1.46. The highest BCUT2D eigenvalue weighted by Crippen LogP contribution is 2.25. The molecule has 0 aliphatic heterocycles. The molecule has 2 atom stereocenters. The van der Waals surface area contributed by atoms with Crippen LogP contribution in [0.2, 0.25) is 0 Å². The fraction of sp³-hybridized carbons (Fsp3) is 0.400. The third-order valence-corrected chi connectivity index (χ3v) is 4.33. The number of aryl methyl sites for hydroxylation is 1. The Morgan fingerprint density at radius 2 is 2.05 bits per heavy atom. The average Bonchev–Trinajstić information content (AvgIpc) is 2.86. The van der Waals surface area contributed by atoms with Crippen LogP contribution >= 0.6 is 11.3 Å². The van der Waals surface area contributed by atoms with Crippen LogP contribution in [0.25, 0.3) is 0 Å². The lowest BCUT2D eigenvalue weighted by Gasteiger charge is -2.19. The van der Waals surface area contributed by atoms with E-state index in [1.165, 1.54) is 13.2 Å². The van der Waals surface area contributed by atoms with Crippen LogP contribution in [0.4, 0.5) is 4.39 Å². The van der Waals surface area contributed by atoms with E-state index in [2.05, 4.69) is 17.2 Å². The first-order valence-corrected chi connectivity index (χ1v) is 7.40. The number of hydrogen-bond acceptors (Lipinski definition) is 4. The van der Waals surface area contributed by atoms with Crippen molar-refractivity contribution in [2.24, 2.45) is 0 Å². The van der Waals surface area contributed by atoms with Gasteiger partial charge >= 0.3 is 0 Å². The molecule has 3 nitrogen and oxygen atoms in total. The van der Waals surface area contributed by atoms with E-state index in [9.17, 15) is 4.39 Å². The third-order valence-electron chi connectivity index (χ3n) is 3.18. The largest absolute Gasteiger partial charge is 0.494 e. The van der Waals surface area contributed by atoms with Crippen LogP contribution in [0.1, 0.15) is 42.2 Å². The first kappa shape index (κ1) is 14.9. The second-order valence-corrected chi connectivity index (χ2v) is 5.72. The number of hydrogen-bond donors (Lipinski definition) is 1. The molecule has 2 aromatic rings. The van der Waals surface area contributed by atoms with Crippen LogP contribution in [0.3, 0.4) is 0 Å². The topological polar surface area (TPSA) is 34.1 Å². The number of ether oxygens (including phenoxy) is 1. The van der Waals surface area contributed by atoms with Crippen molar-refractivity contribution in [2.45, 2.75) is 32.9 Å². The van der Waals surface area contributed by atoms with Gasteiger partial charge in [-0.15, -0.1) is 11.3 Å². The van der Waals surface area contributed by atoms with Gasteiger partial charge in [0.05, 0.1) is 13.2 Å². The highest BCUT2D eigenvalue weighted by Gasteiger charge is 2.15. The summed E-state index contributed by atoms with van der Waals surface area (Å²) in [5, 5.41) is 6.57. The summed E-state index contributed by atoms with van der Waals surface area (Å²) < 4.78 is 18.4. The van der Waals surface area contributed by atoms with Gasteiger partial charge in [0.15, 0.2) is 11.6 Å². The standard InChI is InChI=1S/C15H19FN2OS/c1-9-8-20-15(17-9)11(3)18-10(2)12-5-6-13(16)14(7-12)19-4/h5-8,10-11,18H,1-4H3. The quantitative estimate of drug-likeness (QED) is 0.904. The summed E-state index contributed by atoms with van der Waals surface area (Å²) in [5.74, 6) is -0.0686. The first-order valence-electron chi connectivity index (χ1n) is 6.52. The van der Waals surface area contributed by atoms with Crippen LogP contribution in [-0.2, 0) is 0 Å². The molecule has 0 aliphatic carbocycles. The highest BCUT2D eigenvalue weighted by molar-refractivity contribution is 7.09. The van der Waals surface area contributed by atoms with E-state index in [4.69, 9.17) is 4.74 Å². The summed E-state index contributed by atoms with van der Waals surface area (Å²) in [6.45, 7) is 6.11. The lowest BCUT2D eigenvalue weighted by Crippen LogP contribution is -2.22. The molecule has 0 fully saturated rings. The fourth-order valence-electron chi connectivity index (χ4n) is 2.06. The maximum absolute atomic E-state index is 13.4. The van der Waals surface area contributed by atoms with Gasteiger partial charge in [0, 0.05) is 17.1 Å². The molecule has 0 spiro atoms. The van der Waals surface area contributed by atoms with Gasteiger partial charge in [-0.3, -0.25) is 0 Å². The highest BCUT2D eigenvalue weighted by atomic mass is 32.1. The normalized spacial score (nSPS) is 14.1. The van der Waals surface area contributed by atoms with Crippen LogP contribution in [0, 0.1) is 12.7 Å². The first-order chi connectivity index (χ1) is 9.51. The molecule has 2 unspecified atom stereocenters. The van der Waals surface area contributed by atoms with Crippen LogP contribution in [0.15, 0.2) is 23.6 Å². The average molecular weight is 294 g/mol. The molecule has 1 aromatic carbocycles. The Balaban J connectivity index is 2.09. The van der Waals surface area contributed by atoms with Crippen LogP contribution in [0.5, 0.6) is 5.75 Å². The fourth-order valence-corrected chi connectivity index (χ4v) is 2.87. The number of halogens is 1. The van der Waals surface area contributed by atoms with E-state index in [-0.39, 0.29) is 23.7 Å². The smallest absolute Gasteiger partial charge is 0.165 e. The number of nitrogens with one attached hydrogen (secondary N) is 1. The molecule has 5 heteroatoms. The molecule has 2 rings (SSSR count). The molecule has 0 radical (unpaired) electrons. The van der Waals surface area contributed by atoms with Gasteiger partial charge in [-0.05, 0) is 38.5 Å². The van der Waals surface area contributed by atoms with Crippen LogP contribution < -0.4 is 10.1 Å². The lowest BCUT2D eigenvalue weighted by atomic mass is 10.1. The number of thiazole rings is 1. The Kier molecular flexibility index (Phi) is 4.73.